The number of hydrogen-bond acceptors (Lipinski definition) is 5. The van der Waals surface area contributed by atoms with Crippen molar-refractivity contribution >= 4 is 28.5 Å². The maximum atomic E-state index is 13.2. The fourth-order valence-electron chi connectivity index (χ4n) is 6.38. The summed E-state index contributed by atoms with van der Waals surface area (Å²) in [5, 5.41) is 2.39. The summed E-state index contributed by atoms with van der Waals surface area (Å²) in [5.74, 6) is 0.191. The average Bonchev–Trinajstić information content (AvgIpc) is 3.10. The minimum absolute atomic E-state index is 0.209. The van der Waals surface area contributed by atoms with Crippen LogP contribution >= 0.6 is 0 Å². The molecular weight excluding hydrogens is 430 g/mol. The number of nitrogens with zero attached hydrogens (tertiary/aromatic N) is 4. The van der Waals surface area contributed by atoms with E-state index >= 15 is 0 Å². The summed E-state index contributed by atoms with van der Waals surface area (Å²) < 4.78 is 3.24. The van der Waals surface area contributed by atoms with Crippen molar-refractivity contribution in [1.29, 1.82) is 0 Å². The number of aryl methyl sites for hydroxylation is 1. The van der Waals surface area contributed by atoms with Crippen LogP contribution in [-0.4, -0.2) is 58.6 Å². The molecule has 3 heterocycles. The smallest absolute Gasteiger partial charge is 0.329 e. The molecule has 1 saturated carbocycles. The molecule has 1 aliphatic carbocycles. The second-order valence-electron chi connectivity index (χ2n) is 10.5. The molecule has 8 nitrogen and oxygen atoms in total. The minimum Gasteiger partial charge on any atom is -0.370 e. The van der Waals surface area contributed by atoms with Crippen molar-refractivity contribution in [2.75, 3.05) is 31.6 Å². The zero-order valence-electron chi connectivity index (χ0n) is 20.5. The third kappa shape index (κ3) is 4.28. The Hall–Kier alpha value is -2.61. The molecular formula is C26H37N5O3. The van der Waals surface area contributed by atoms with E-state index in [4.69, 9.17) is 0 Å². The number of carbonyl (C=O) groups is 2. The summed E-state index contributed by atoms with van der Waals surface area (Å²) in [6.45, 7) is 3.12. The summed E-state index contributed by atoms with van der Waals surface area (Å²) in [5.41, 5.74) is 2.47. The van der Waals surface area contributed by atoms with Gasteiger partial charge in [0.05, 0.1) is 16.7 Å². The van der Waals surface area contributed by atoms with Gasteiger partial charge in [0.1, 0.15) is 6.04 Å². The molecule has 34 heavy (non-hydrogen) atoms. The van der Waals surface area contributed by atoms with Crippen LogP contribution in [0.2, 0.25) is 0 Å². The van der Waals surface area contributed by atoms with Crippen molar-refractivity contribution < 1.29 is 9.59 Å². The van der Waals surface area contributed by atoms with Gasteiger partial charge in [-0.05, 0) is 57.2 Å². The summed E-state index contributed by atoms with van der Waals surface area (Å²) in [4.78, 5) is 42.3. The number of benzene rings is 1. The molecule has 2 amide bonds. The molecule has 1 atom stereocenters. The standard InChI is InChI=1S/C26H37N5O3/c1-28(17-18-7-4-3-5-8-18)19-13-15-30(16-14-19)20-9-6-10-21-24(20)29(2)26(34)31(21)22-11-12-23(32)27-25(22)33/h6,9-10,18-19,22H,3-5,7-8,11-17H2,1-2H3,(H,27,32,33). The average molecular weight is 468 g/mol. The van der Waals surface area contributed by atoms with E-state index < -0.39 is 11.9 Å². The predicted octanol–water partition coefficient (Wildman–Crippen LogP) is 2.80. The number of aromatic nitrogens is 2. The van der Waals surface area contributed by atoms with E-state index in [2.05, 4.69) is 28.2 Å². The van der Waals surface area contributed by atoms with Crippen LogP contribution in [0.5, 0.6) is 0 Å². The van der Waals surface area contributed by atoms with Gasteiger partial charge in [-0.15, -0.1) is 0 Å². The number of imide groups is 1. The molecule has 1 aromatic carbocycles. The molecule has 2 aliphatic heterocycles. The van der Waals surface area contributed by atoms with E-state index in [1.807, 2.05) is 12.1 Å². The van der Waals surface area contributed by atoms with Crippen molar-refractivity contribution in [3.8, 4) is 0 Å². The lowest BCUT2D eigenvalue weighted by Gasteiger charge is -2.39. The van der Waals surface area contributed by atoms with Crippen LogP contribution in [0.15, 0.2) is 23.0 Å². The Balaban J connectivity index is 1.34. The Morgan fingerprint density at radius 2 is 1.74 bits per heavy atom. The first-order valence-electron chi connectivity index (χ1n) is 12.9. The SMILES string of the molecule is CN(CC1CCCCC1)C1CCN(c2cccc3c2n(C)c(=O)n3C2CCC(=O)NC2=O)CC1. The summed E-state index contributed by atoms with van der Waals surface area (Å²) >= 11 is 0. The first kappa shape index (κ1) is 23.1. The van der Waals surface area contributed by atoms with E-state index in [-0.39, 0.29) is 18.0 Å². The first-order valence-corrected chi connectivity index (χ1v) is 12.9. The van der Waals surface area contributed by atoms with E-state index in [0.717, 1.165) is 48.6 Å². The maximum Gasteiger partial charge on any atom is 0.329 e. The van der Waals surface area contributed by atoms with E-state index in [9.17, 15) is 14.4 Å². The quantitative estimate of drug-likeness (QED) is 0.684. The topological polar surface area (TPSA) is 79.6 Å². The van der Waals surface area contributed by atoms with Crippen LogP contribution in [0.4, 0.5) is 5.69 Å². The highest BCUT2D eigenvalue weighted by molar-refractivity contribution is 6.00. The number of nitrogens with one attached hydrogen (secondary N) is 1. The van der Waals surface area contributed by atoms with Crippen LogP contribution in [0.25, 0.3) is 11.0 Å². The molecule has 5 rings (SSSR count). The lowest BCUT2D eigenvalue weighted by Crippen LogP contribution is -2.45. The number of piperidine rings is 2. The van der Waals surface area contributed by atoms with E-state index in [1.165, 1.54) is 38.6 Å². The van der Waals surface area contributed by atoms with Gasteiger partial charge >= 0.3 is 5.69 Å². The Morgan fingerprint density at radius 1 is 1.00 bits per heavy atom. The van der Waals surface area contributed by atoms with Gasteiger partial charge in [0.15, 0.2) is 0 Å². The Kier molecular flexibility index (Phi) is 6.51. The normalized spacial score (nSPS) is 23.1. The molecule has 2 saturated heterocycles. The van der Waals surface area contributed by atoms with Crippen molar-refractivity contribution in [3.05, 3.63) is 28.7 Å². The number of carbonyl (C=O) groups excluding carboxylic acids is 2. The summed E-state index contributed by atoms with van der Waals surface area (Å²) in [7, 11) is 4.07. The van der Waals surface area contributed by atoms with Crippen molar-refractivity contribution in [2.45, 2.75) is 69.9 Å². The molecule has 1 aromatic heterocycles. The van der Waals surface area contributed by atoms with Crippen LogP contribution in [-0.2, 0) is 16.6 Å². The molecule has 2 aromatic rings. The molecule has 0 bridgehead atoms. The molecule has 0 spiro atoms. The summed E-state index contributed by atoms with van der Waals surface area (Å²) in [6.07, 6.45) is 9.76. The van der Waals surface area contributed by atoms with E-state index in [1.54, 1.807) is 16.2 Å². The number of para-hydroxylation sites is 1. The van der Waals surface area contributed by atoms with E-state index in [0.29, 0.717) is 12.5 Å². The van der Waals surface area contributed by atoms with Crippen molar-refractivity contribution in [2.24, 2.45) is 13.0 Å². The third-order valence-corrected chi connectivity index (χ3v) is 8.30. The fourth-order valence-corrected chi connectivity index (χ4v) is 6.38. The van der Waals surface area contributed by atoms with Gasteiger partial charge in [0, 0.05) is 39.1 Å². The van der Waals surface area contributed by atoms with Gasteiger partial charge in [-0.1, -0.05) is 25.3 Å². The van der Waals surface area contributed by atoms with Crippen LogP contribution in [0, 0.1) is 5.92 Å². The van der Waals surface area contributed by atoms with Gasteiger partial charge in [0.25, 0.3) is 0 Å². The van der Waals surface area contributed by atoms with Gasteiger partial charge in [0.2, 0.25) is 11.8 Å². The van der Waals surface area contributed by atoms with Gasteiger partial charge in [-0.25, -0.2) is 4.79 Å². The minimum atomic E-state index is -0.650. The van der Waals surface area contributed by atoms with Crippen LogP contribution in [0.1, 0.15) is 63.8 Å². The second-order valence-corrected chi connectivity index (χ2v) is 10.5. The molecule has 3 aliphatic rings. The highest BCUT2D eigenvalue weighted by atomic mass is 16.2. The first-order chi connectivity index (χ1) is 16.4. The Morgan fingerprint density at radius 3 is 2.44 bits per heavy atom. The van der Waals surface area contributed by atoms with Gasteiger partial charge in [-0.2, -0.15) is 0 Å². The number of anilines is 1. The van der Waals surface area contributed by atoms with Crippen molar-refractivity contribution in [1.82, 2.24) is 19.4 Å². The molecule has 1 unspecified atom stereocenters. The predicted molar refractivity (Wildman–Crippen MR) is 133 cm³/mol. The van der Waals surface area contributed by atoms with Crippen LogP contribution < -0.4 is 15.9 Å². The number of rotatable bonds is 5. The monoisotopic (exact) mass is 467 g/mol. The number of amides is 2. The molecule has 0 radical (unpaired) electrons. The van der Waals surface area contributed by atoms with Crippen molar-refractivity contribution in [3.63, 3.8) is 0 Å². The van der Waals surface area contributed by atoms with Crippen LogP contribution in [0.3, 0.4) is 0 Å². The fraction of sp³-hybridized carbons (Fsp3) is 0.654. The number of fused-ring (bicyclic) bond motifs is 1. The van der Waals surface area contributed by atoms with Gasteiger partial charge in [-0.3, -0.25) is 24.0 Å². The zero-order chi connectivity index (χ0) is 23.8. The number of hydrogen-bond donors (Lipinski definition) is 1. The lowest BCUT2D eigenvalue weighted by molar-refractivity contribution is -0.135. The molecule has 3 fully saturated rings. The zero-order valence-corrected chi connectivity index (χ0v) is 20.5. The second kappa shape index (κ2) is 9.56. The summed E-state index contributed by atoms with van der Waals surface area (Å²) in [6, 6.07) is 5.93. The molecule has 1 N–H and O–H groups in total. The third-order valence-electron chi connectivity index (χ3n) is 8.30. The Bertz CT molecular complexity index is 1120. The largest absolute Gasteiger partial charge is 0.370 e. The maximum absolute atomic E-state index is 13.2. The van der Waals surface area contributed by atoms with Gasteiger partial charge < -0.3 is 9.80 Å². The lowest BCUT2D eigenvalue weighted by atomic mass is 9.88. The number of imidazole rings is 1. The Labute approximate surface area is 200 Å². The highest BCUT2D eigenvalue weighted by Gasteiger charge is 2.32. The molecule has 8 heteroatoms. The molecule has 184 valence electrons. The highest BCUT2D eigenvalue weighted by Crippen LogP contribution is 2.32.